The molecule has 2 heterocycles. The van der Waals surface area contributed by atoms with Gasteiger partial charge in [0.2, 0.25) is 0 Å². The number of H-pyrrole nitrogens is 1. The first-order valence-electron chi connectivity index (χ1n) is 4.85. The van der Waals surface area contributed by atoms with E-state index in [0.717, 1.165) is 18.7 Å². The van der Waals surface area contributed by atoms with Crippen LogP contribution in [0.2, 0.25) is 5.15 Å². The molecule has 1 aliphatic rings. The first kappa shape index (κ1) is 10.3. The lowest BCUT2D eigenvalue weighted by Crippen LogP contribution is -2.37. The van der Waals surface area contributed by atoms with Crippen LogP contribution >= 0.6 is 11.6 Å². The fourth-order valence-corrected chi connectivity index (χ4v) is 2.01. The summed E-state index contributed by atoms with van der Waals surface area (Å²) in [6, 6.07) is 0. The molecule has 1 fully saturated rings. The molecule has 2 N–H and O–H groups in total. The molecule has 1 saturated heterocycles. The molecule has 0 aliphatic carbocycles. The highest BCUT2D eigenvalue weighted by Gasteiger charge is 2.24. The fraction of sp³-hybridized carbons (Fsp3) is 0.556. The van der Waals surface area contributed by atoms with Crippen LogP contribution in [0.25, 0.3) is 0 Å². The van der Waals surface area contributed by atoms with Crippen LogP contribution in [0.4, 0.5) is 4.79 Å². The Labute approximate surface area is 92.1 Å². The Morgan fingerprint density at radius 2 is 2.27 bits per heavy atom. The lowest BCUT2D eigenvalue weighted by atomic mass is 9.96. The molecular formula is C9H12ClN3O2. The van der Waals surface area contributed by atoms with E-state index in [2.05, 4.69) is 9.97 Å². The molecule has 0 saturated carbocycles. The smallest absolute Gasteiger partial charge is 0.407 e. The molecule has 0 spiro atoms. The number of carbonyl (C=O) groups is 1. The number of carboxylic acid groups (broad SMARTS) is 1. The van der Waals surface area contributed by atoms with E-state index in [-0.39, 0.29) is 0 Å². The number of aromatic amines is 1. The molecule has 2 rings (SSSR count). The highest BCUT2D eigenvalue weighted by atomic mass is 35.5. The number of halogens is 1. The van der Waals surface area contributed by atoms with Crippen LogP contribution in [-0.4, -0.2) is 39.2 Å². The summed E-state index contributed by atoms with van der Waals surface area (Å²) < 4.78 is 0. The second-order valence-corrected chi connectivity index (χ2v) is 4.04. The Morgan fingerprint density at radius 1 is 1.60 bits per heavy atom. The highest BCUT2D eigenvalue weighted by Crippen LogP contribution is 2.26. The van der Waals surface area contributed by atoms with Crippen molar-refractivity contribution in [3.8, 4) is 0 Å². The van der Waals surface area contributed by atoms with Gasteiger partial charge in [-0.05, 0) is 12.8 Å². The van der Waals surface area contributed by atoms with E-state index in [1.54, 1.807) is 6.20 Å². The summed E-state index contributed by atoms with van der Waals surface area (Å²) in [6.07, 6.45) is 2.41. The number of likely N-dealkylation sites (tertiary alicyclic amines) is 1. The fourth-order valence-electron chi connectivity index (χ4n) is 1.87. The van der Waals surface area contributed by atoms with Crippen LogP contribution < -0.4 is 0 Å². The minimum Gasteiger partial charge on any atom is -0.465 e. The Bertz CT molecular complexity index is 358. The van der Waals surface area contributed by atoms with E-state index in [4.69, 9.17) is 16.7 Å². The van der Waals surface area contributed by atoms with E-state index in [1.165, 1.54) is 4.90 Å². The molecule has 15 heavy (non-hydrogen) atoms. The van der Waals surface area contributed by atoms with Crippen molar-refractivity contribution in [1.29, 1.82) is 0 Å². The van der Waals surface area contributed by atoms with Crippen LogP contribution in [0.15, 0.2) is 6.20 Å². The second kappa shape index (κ2) is 4.10. The summed E-state index contributed by atoms with van der Waals surface area (Å²) >= 11 is 5.71. The van der Waals surface area contributed by atoms with Gasteiger partial charge in [-0.3, -0.25) is 0 Å². The summed E-state index contributed by atoms with van der Waals surface area (Å²) in [6.45, 7) is 1.14. The van der Waals surface area contributed by atoms with Crippen LogP contribution in [0.5, 0.6) is 0 Å². The number of amides is 1. The monoisotopic (exact) mass is 229 g/mol. The minimum atomic E-state index is -0.842. The van der Waals surface area contributed by atoms with Crippen molar-refractivity contribution in [3.05, 3.63) is 17.2 Å². The molecule has 6 heteroatoms. The van der Waals surface area contributed by atoms with Crippen LogP contribution in [0.3, 0.4) is 0 Å². The van der Waals surface area contributed by atoms with Crippen LogP contribution in [0, 0.1) is 0 Å². The van der Waals surface area contributed by atoms with Gasteiger partial charge in [-0.15, -0.1) is 0 Å². The third-order valence-corrected chi connectivity index (χ3v) is 2.91. The van der Waals surface area contributed by atoms with Crippen molar-refractivity contribution in [2.75, 3.05) is 13.1 Å². The van der Waals surface area contributed by atoms with Gasteiger partial charge in [0.05, 0.1) is 0 Å². The SMILES string of the molecule is O=C(O)N1CCC(c2nc(Cl)c[nH]2)CC1. The largest absolute Gasteiger partial charge is 0.465 e. The topological polar surface area (TPSA) is 69.2 Å². The zero-order valence-electron chi connectivity index (χ0n) is 8.11. The Balaban J connectivity index is 1.96. The molecule has 1 aliphatic heterocycles. The molecule has 1 amide bonds. The van der Waals surface area contributed by atoms with Gasteiger partial charge in [-0.2, -0.15) is 0 Å². The molecule has 0 unspecified atom stereocenters. The number of nitrogens with zero attached hydrogens (tertiary/aromatic N) is 2. The maximum atomic E-state index is 10.7. The lowest BCUT2D eigenvalue weighted by molar-refractivity contribution is 0.131. The molecule has 1 aromatic rings. The minimum absolute atomic E-state index is 0.299. The summed E-state index contributed by atoms with van der Waals surface area (Å²) in [5, 5.41) is 9.24. The number of nitrogens with one attached hydrogen (secondary N) is 1. The Hall–Kier alpha value is -1.23. The standard InChI is InChI=1S/C9H12ClN3O2/c10-7-5-11-8(12-7)6-1-3-13(4-2-6)9(14)15/h5-6H,1-4H2,(H,11,12)(H,14,15). The van der Waals surface area contributed by atoms with E-state index >= 15 is 0 Å². The van der Waals surface area contributed by atoms with Gasteiger partial charge in [0.15, 0.2) is 0 Å². The maximum Gasteiger partial charge on any atom is 0.407 e. The second-order valence-electron chi connectivity index (χ2n) is 3.65. The molecular weight excluding hydrogens is 218 g/mol. The predicted octanol–water partition coefficient (Wildman–Crippen LogP) is 1.92. The molecule has 0 radical (unpaired) electrons. The van der Waals surface area contributed by atoms with Crippen LogP contribution in [-0.2, 0) is 0 Å². The third-order valence-electron chi connectivity index (χ3n) is 2.72. The normalized spacial score (nSPS) is 18.1. The predicted molar refractivity (Wildman–Crippen MR) is 55.2 cm³/mol. The molecule has 5 nitrogen and oxygen atoms in total. The average Bonchev–Trinajstić information content (AvgIpc) is 2.65. The van der Waals surface area contributed by atoms with Gasteiger partial charge in [-0.25, -0.2) is 9.78 Å². The quantitative estimate of drug-likeness (QED) is 0.773. The van der Waals surface area contributed by atoms with Gasteiger partial charge < -0.3 is 15.0 Å². The highest BCUT2D eigenvalue weighted by molar-refractivity contribution is 6.29. The third kappa shape index (κ3) is 2.23. The molecule has 0 atom stereocenters. The average molecular weight is 230 g/mol. The molecule has 82 valence electrons. The number of piperidine rings is 1. The maximum absolute atomic E-state index is 10.7. The van der Waals surface area contributed by atoms with Crippen molar-refractivity contribution in [3.63, 3.8) is 0 Å². The van der Waals surface area contributed by atoms with Crippen molar-refractivity contribution in [1.82, 2.24) is 14.9 Å². The van der Waals surface area contributed by atoms with Gasteiger partial charge in [0, 0.05) is 25.2 Å². The number of aromatic nitrogens is 2. The number of rotatable bonds is 1. The summed E-state index contributed by atoms with van der Waals surface area (Å²) in [4.78, 5) is 19.3. The number of imidazole rings is 1. The van der Waals surface area contributed by atoms with E-state index in [1.807, 2.05) is 0 Å². The number of hydrogen-bond donors (Lipinski definition) is 2. The van der Waals surface area contributed by atoms with E-state index in [9.17, 15) is 4.79 Å². The molecule has 0 aromatic carbocycles. The van der Waals surface area contributed by atoms with Crippen molar-refractivity contribution >= 4 is 17.7 Å². The summed E-state index contributed by atoms with van der Waals surface area (Å²) in [7, 11) is 0. The Morgan fingerprint density at radius 3 is 2.73 bits per heavy atom. The number of hydrogen-bond acceptors (Lipinski definition) is 2. The summed E-state index contributed by atoms with van der Waals surface area (Å²) in [5.41, 5.74) is 0. The van der Waals surface area contributed by atoms with E-state index < -0.39 is 6.09 Å². The lowest BCUT2D eigenvalue weighted by Gasteiger charge is -2.28. The van der Waals surface area contributed by atoms with Crippen molar-refractivity contribution in [2.24, 2.45) is 0 Å². The zero-order valence-corrected chi connectivity index (χ0v) is 8.87. The first-order valence-corrected chi connectivity index (χ1v) is 5.23. The van der Waals surface area contributed by atoms with Crippen LogP contribution in [0.1, 0.15) is 24.6 Å². The van der Waals surface area contributed by atoms with E-state index in [0.29, 0.717) is 24.2 Å². The first-order chi connectivity index (χ1) is 7.16. The molecule has 1 aromatic heterocycles. The van der Waals surface area contributed by atoms with Crippen molar-refractivity contribution in [2.45, 2.75) is 18.8 Å². The van der Waals surface area contributed by atoms with Gasteiger partial charge >= 0.3 is 6.09 Å². The summed E-state index contributed by atoms with van der Waals surface area (Å²) in [5.74, 6) is 1.16. The van der Waals surface area contributed by atoms with Gasteiger partial charge in [-0.1, -0.05) is 11.6 Å². The van der Waals surface area contributed by atoms with Gasteiger partial charge in [0.1, 0.15) is 11.0 Å². The van der Waals surface area contributed by atoms with Crippen molar-refractivity contribution < 1.29 is 9.90 Å². The Kier molecular flexibility index (Phi) is 2.81. The van der Waals surface area contributed by atoms with Gasteiger partial charge in [0.25, 0.3) is 0 Å². The zero-order chi connectivity index (χ0) is 10.8. The molecule has 0 bridgehead atoms.